The third-order valence-electron chi connectivity index (χ3n) is 5.37. The van der Waals surface area contributed by atoms with E-state index in [1.54, 1.807) is 13.8 Å². The second kappa shape index (κ2) is 8.41. The molecule has 32 heavy (non-hydrogen) atoms. The van der Waals surface area contributed by atoms with Crippen molar-refractivity contribution in [3.8, 4) is 11.6 Å². The van der Waals surface area contributed by atoms with Crippen molar-refractivity contribution in [1.29, 1.82) is 0 Å². The Morgan fingerprint density at radius 2 is 1.75 bits per heavy atom. The number of nitrogen functional groups attached to an aromatic ring is 1. The number of aromatic nitrogens is 3. The van der Waals surface area contributed by atoms with Gasteiger partial charge in [0.2, 0.25) is 5.60 Å². The zero-order valence-electron chi connectivity index (χ0n) is 17.4. The van der Waals surface area contributed by atoms with Crippen LogP contribution in [0.4, 0.5) is 37.8 Å². The molecule has 13 heteroatoms. The number of rotatable bonds is 1. The van der Waals surface area contributed by atoms with Crippen LogP contribution in [0.1, 0.15) is 57.4 Å². The van der Waals surface area contributed by atoms with Crippen LogP contribution in [0.2, 0.25) is 0 Å². The molecule has 0 saturated heterocycles. The molecule has 1 atom stereocenters. The summed E-state index contributed by atoms with van der Waals surface area (Å²) in [6, 6.07) is 0.292. The Hall–Kier alpha value is -2.57. The third kappa shape index (κ3) is 4.48. The van der Waals surface area contributed by atoms with E-state index in [4.69, 9.17) is 10.2 Å². The number of halogens is 6. The largest absolute Gasteiger partial charge is 0.426 e. The molecule has 0 radical (unpaired) electrons. The molecule has 4 bridgehead atoms. The van der Waals surface area contributed by atoms with Crippen LogP contribution in [-0.4, -0.2) is 39.1 Å². The summed E-state index contributed by atoms with van der Waals surface area (Å²) in [5.41, 5.74) is 0.391. The maximum absolute atomic E-state index is 13.7. The average molecular weight is 467 g/mol. The van der Waals surface area contributed by atoms with Crippen LogP contribution in [-0.2, 0) is 11.8 Å². The molecule has 3 N–H and O–H groups in total. The lowest BCUT2D eigenvalue weighted by molar-refractivity contribution is -0.277. The van der Waals surface area contributed by atoms with Crippen LogP contribution in [0.25, 0.3) is 11.6 Å². The highest BCUT2D eigenvalue weighted by Crippen LogP contribution is 2.44. The number of aliphatic hydroxyl groups is 1. The van der Waals surface area contributed by atoms with Gasteiger partial charge in [0.15, 0.2) is 5.69 Å². The van der Waals surface area contributed by atoms with Gasteiger partial charge in [0.05, 0.1) is 5.69 Å². The summed E-state index contributed by atoms with van der Waals surface area (Å²) in [7, 11) is 0. The van der Waals surface area contributed by atoms with E-state index in [2.05, 4.69) is 15.2 Å². The summed E-state index contributed by atoms with van der Waals surface area (Å²) in [5.74, 6) is -2.16. The summed E-state index contributed by atoms with van der Waals surface area (Å²) < 4.78 is 87.2. The van der Waals surface area contributed by atoms with Gasteiger partial charge < -0.3 is 20.2 Å². The molecule has 3 rings (SSSR count). The summed E-state index contributed by atoms with van der Waals surface area (Å²) >= 11 is 0. The van der Waals surface area contributed by atoms with E-state index in [9.17, 15) is 31.4 Å². The molecule has 0 fully saturated rings. The van der Waals surface area contributed by atoms with E-state index in [-0.39, 0.29) is 24.7 Å². The van der Waals surface area contributed by atoms with Crippen LogP contribution in [0.5, 0.6) is 0 Å². The summed E-state index contributed by atoms with van der Waals surface area (Å²) in [5, 5.41) is 17.2. The first-order chi connectivity index (χ1) is 14.8. The van der Waals surface area contributed by atoms with Gasteiger partial charge in [0, 0.05) is 12.6 Å². The Morgan fingerprint density at radius 1 is 1.09 bits per heavy atom. The molecule has 178 valence electrons. The highest BCUT2D eigenvalue weighted by atomic mass is 19.4. The second-order valence-electron chi connectivity index (χ2n) is 8.02. The minimum Gasteiger partial charge on any atom is -0.416 e. The molecule has 1 aliphatic heterocycles. The lowest BCUT2D eigenvalue weighted by Gasteiger charge is -2.31. The molecule has 7 nitrogen and oxygen atoms in total. The van der Waals surface area contributed by atoms with Gasteiger partial charge in [-0.1, -0.05) is 12.8 Å². The number of hydrogen-bond donors (Lipinski definition) is 2. The average Bonchev–Trinajstić information content (AvgIpc) is 3.15. The van der Waals surface area contributed by atoms with E-state index in [0.29, 0.717) is 25.3 Å². The van der Waals surface area contributed by atoms with Crippen LogP contribution in [0, 0.1) is 0 Å². The number of anilines is 2. The number of nitrogens with zero attached hydrogens (tertiary/aromatic N) is 4. The van der Waals surface area contributed by atoms with Crippen molar-refractivity contribution < 1.29 is 35.9 Å². The predicted molar refractivity (Wildman–Crippen MR) is 102 cm³/mol. The molecule has 2 aromatic rings. The Balaban J connectivity index is 2.24. The van der Waals surface area contributed by atoms with Crippen molar-refractivity contribution in [2.24, 2.45) is 0 Å². The van der Waals surface area contributed by atoms with Gasteiger partial charge in [-0.2, -0.15) is 26.3 Å². The topological polar surface area (TPSA) is 101 Å². The van der Waals surface area contributed by atoms with Crippen molar-refractivity contribution in [3.63, 3.8) is 0 Å². The van der Waals surface area contributed by atoms with Crippen LogP contribution < -0.4 is 10.6 Å². The Morgan fingerprint density at radius 3 is 2.34 bits per heavy atom. The van der Waals surface area contributed by atoms with Crippen molar-refractivity contribution in [2.75, 3.05) is 17.2 Å². The molecule has 0 unspecified atom stereocenters. The molecule has 0 spiro atoms. The van der Waals surface area contributed by atoms with Gasteiger partial charge in [0.25, 0.3) is 11.8 Å². The van der Waals surface area contributed by atoms with Gasteiger partial charge in [-0.15, -0.1) is 10.2 Å². The van der Waals surface area contributed by atoms with Gasteiger partial charge in [-0.3, -0.25) is 0 Å². The molecule has 0 amide bonds. The van der Waals surface area contributed by atoms with E-state index >= 15 is 0 Å². The third-order valence-corrected chi connectivity index (χ3v) is 5.37. The molecular weight excluding hydrogens is 444 g/mol. The molecule has 0 saturated carbocycles. The summed E-state index contributed by atoms with van der Waals surface area (Å²) in [4.78, 5) is 5.47. The first kappa shape index (κ1) is 24.1. The molecule has 1 aliphatic rings. The summed E-state index contributed by atoms with van der Waals surface area (Å²) in [6.07, 6.45) is -9.41. The highest BCUT2D eigenvalue weighted by molar-refractivity contribution is 5.71. The molecule has 2 aromatic heterocycles. The smallest absolute Gasteiger partial charge is 0.416 e. The van der Waals surface area contributed by atoms with Crippen molar-refractivity contribution in [2.45, 2.75) is 69.9 Å². The van der Waals surface area contributed by atoms with Gasteiger partial charge in [-0.05, 0) is 39.2 Å². The van der Waals surface area contributed by atoms with Crippen molar-refractivity contribution in [3.05, 3.63) is 17.5 Å². The van der Waals surface area contributed by atoms with Gasteiger partial charge in [0.1, 0.15) is 11.4 Å². The Bertz CT molecular complexity index is 959. The Labute approximate surface area is 179 Å². The van der Waals surface area contributed by atoms with E-state index in [1.807, 2.05) is 0 Å². The highest BCUT2D eigenvalue weighted by Gasteiger charge is 2.58. The number of nitrogens with two attached hydrogens (primary N) is 1. The maximum atomic E-state index is 13.7. The summed E-state index contributed by atoms with van der Waals surface area (Å²) in [6.45, 7) is 3.60. The predicted octanol–water partition coefficient (Wildman–Crippen LogP) is 4.66. The first-order valence-electron chi connectivity index (χ1n) is 10.0. The van der Waals surface area contributed by atoms with Gasteiger partial charge in [-0.25, -0.2) is 4.98 Å². The lowest BCUT2D eigenvalue weighted by atomic mass is 9.95. The molecule has 0 aromatic carbocycles. The zero-order chi connectivity index (χ0) is 23.9. The monoisotopic (exact) mass is 467 g/mol. The fourth-order valence-electron chi connectivity index (χ4n) is 3.60. The van der Waals surface area contributed by atoms with Crippen LogP contribution in [0.3, 0.4) is 0 Å². The molecular formula is C19H23F6N5O2. The maximum Gasteiger partial charge on any atom is 0.426 e. The fraction of sp³-hybridized carbons (Fsp3) is 0.632. The Kier molecular flexibility index (Phi) is 6.33. The normalized spacial score (nSPS) is 21.0. The molecule has 0 aliphatic carbocycles. The minimum atomic E-state index is -5.10. The lowest BCUT2D eigenvalue weighted by Crippen LogP contribution is -2.42. The number of pyridine rings is 1. The number of fused-ring (bicyclic) bond motifs is 5. The van der Waals surface area contributed by atoms with Crippen LogP contribution in [0.15, 0.2) is 10.5 Å². The van der Waals surface area contributed by atoms with E-state index in [0.717, 1.165) is 0 Å². The zero-order valence-corrected chi connectivity index (χ0v) is 17.4. The SMILES string of the molecule is CC(C)N1CCCCCC[C@](O)(C(F)(F)F)c2nnc(o2)-c2nc1c(C(F)(F)F)cc2N. The fourth-order valence-corrected chi connectivity index (χ4v) is 3.60. The second-order valence-corrected chi connectivity index (χ2v) is 8.02. The van der Waals surface area contributed by atoms with Crippen molar-refractivity contribution >= 4 is 11.5 Å². The molecule has 3 heterocycles. The first-order valence-corrected chi connectivity index (χ1v) is 10.0. The van der Waals surface area contributed by atoms with E-state index < -0.39 is 53.2 Å². The number of hydrogen-bond acceptors (Lipinski definition) is 7. The quantitative estimate of drug-likeness (QED) is 0.588. The van der Waals surface area contributed by atoms with Gasteiger partial charge >= 0.3 is 12.4 Å². The number of alkyl halides is 6. The standard InChI is InChI=1S/C19H23F6N5O2/c1-10(2)30-8-6-4-3-5-7-17(31,19(23,24)25)16-29-28-15(32-16)13-12(26)9-11(14(30)27-13)18(20,21)22/h9-10,31H,3-8,26H2,1-2H3/t17-/m1/s1. The minimum absolute atomic E-state index is 0.00507. The van der Waals surface area contributed by atoms with E-state index in [1.165, 1.54) is 4.90 Å². The van der Waals surface area contributed by atoms with Crippen molar-refractivity contribution in [1.82, 2.24) is 15.2 Å². The van der Waals surface area contributed by atoms with Crippen LogP contribution >= 0.6 is 0 Å².